The molecule has 108 valence electrons. The van der Waals surface area contributed by atoms with Gasteiger partial charge in [0.15, 0.2) is 5.69 Å². The van der Waals surface area contributed by atoms with Crippen molar-refractivity contribution in [1.82, 2.24) is 9.71 Å². The minimum absolute atomic E-state index is 0.0830. The maximum atomic E-state index is 11.7. The molecular weight excluding hydrogens is 292 g/mol. The number of thiazole rings is 1. The first kappa shape index (κ1) is 16.0. The molecule has 0 radical (unpaired) electrons. The minimum atomic E-state index is -3.47. The first-order valence-corrected chi connectivity index (χ1v) is 8.15. The van der Waals surface area contributed by atoms with Crippen molar-refractivity contribution in [2.75, 3.05) is 19.0 Å². The number of nitrogens with zero attached hydrogens (tertiary/aromatic N) is 1. The average Bonchev–Trinajstić information content (AvgIpc) is 2.77. The molecule has 0 saturated heterocycles. The third kappa shape index (κ3) is 5.23. The quantitative estimate of drug-likeness (QED) is 0.690. The molecule has 0 saturated carbocycles. The van der Waals surface area contributed by atoms with Crippen LogP contribution in [0.15, 0.2) is 5.38 Å². The highest BCUT2D eigenvalue weighted by Crippen LogP contribution is 2.18. The van der Waals surface area contributed by atoms with Crippen LogP contribution in [0.3, 0.4) is 0 Å². The van der Waals surface area contributed by atoms with Gasteiger partial charge in [0, 0.05) is 12.0 Å². The summed E-state index contributed by atoms with van der Waals surface area (Å²) in [7, 11) is -3.47. The maximum Gasteiger partial charge on any atom is 0.355 e. The summed E-state index contributed by atoms with van der Waals surface area (Å²) in [6, 6.07) is -0.565. The summed E-state index contributed by atoms with van der Waals surface area (Å²) < 4.78 is 30.8. The van der Waals surface area contributed by atoms with E-state index in [0.717, 1.165) is 11.3 Å². The number of ether oxygens (including phenoxy) is 1. The second-order valence-corrected chi connectivity index (χ2v) is 6.49. The molecule has 1 heterocycles. The molecule has 1 aromatic rings. The molecule has 0 aromatic carbocycles. The fourth-order valence-corrected chi connectivity index (χ4v) is 3.26. The van der Waals surface area contributed by atoms with E-state index in [9.17, 15) is 13.2 Å². The zero-order chi connectivity index (χ0) is 14.5. The van der Waals surface area contributed by atoms with E-state index in [2.05, 4.69) is 9.71 Å². The highest BCUT2D eigenvalue weighted by atomic mass is 32.2. The number of rotatable bonds is 8. The van der Waals surface area contributed by atoms with Gasteiger partial charge < -0.3 is 9.84 Å². The van der Waals surface area contributed by atoms with Crippen LogP contribution in [0.1, 0.15) is 35.4 Å². The van der Waals surface area contributed by atoms with Crippen LogP contribution < -0.4 is 4.72 Å². The van der Waals surface area contributed by atoms with E-state index in [-0.39, 0.29) is 18.1 Å². The molecule has 0 aliphatic rings. The molecule has 1 unspecified atom stereocenters. The predicted molar refractivity (Wildman–Crippen MR) is 70.9 cm³/mol. The van der Waals surface area contributed by atoms with Crippen molar-refractivity contribution in [3.05, 3.63) is 16.1 Å². The highest BCUT2D eigenvalue weighted by Gasteiger charge is 2.19. The minimum Gasteiger partial charge on any atom is -0.476 e. The molecule has 19 heavy (non-hydrogen) atoms. The van der Waals surface area contributed by atoms with Crippen molar-refractivity contribution in [1.29, 1.82) is 0 Å². The lowest BCUT2D eigenvalue weighted by Crippen LogP contribution is -2.30. The Labute approximate surface area is 115 Å². The van der Waals surface area contributed by atoms with E-state index in [1.54, 1.807) is 13.8 Å². The summed E-state index contributed by atoms with van der Waals surface area (Å²) in [4.78, 5) is 14.5. The number of hydrogen-bond donors (Lipinski definition) is 2. The second kappa shape index (κ2) is 6.94. The Hall–Kier alpha value is -1.03. The van der Waals surface area contributed by atoms with Gasteiger partial charge in [-0.3, -0.25) is 0 Å². The Bertz CT molecular complexity index is 526. The molecule has 1 atom stereocenters. The van der Waals surface area contributed by atoms with Crippen molar-refractivity contribution in [3.8, 4) is 0 Å². The Morgan fingerprint density at radius 1 is 1.63 bits per heavy atom. The largest absolute Gasteiger partial charge is 0.476 e. The van der Waals surface area contributed by atoms with E-state index in [0.29, 0.717) is 11.6 Å². The molecule has 1 rings (SSSR count). The number of nitrogens with one attached hydrogen (secondary N) is 1. The topological polar surface area (TPSA) is 106 Å². The van der Waals surface area contributed by atoms with E-state index in [4.69, 9.17) is 9.84 Å². The summed E-state index contributed by atoms with van der Waals surface area (Å²) in [6.07, 6.45) is 0. The predicted octanol–water partition coefficient (Wildman–Crippen LogP) is 0.858. The van der Waals surface area contributed by atoms with Gasteiger partial charge in [-0.05, 0) is 13.8 Å². The van der Waals surface area contributed by atoms with E-state index in [1.165, 1.54) is 5.38 Å². The van der Waals surface area contributed by atoms with Gasteiger partial charge in [0.1, 0.15) is 5.01 Å². The Kier molecular flexibility index (Phi) is 5.85. The number of carbonyl (C=O) groups is 1. The van der Waals surface area contributed by atoms with Crippen LogP contribution in [0.2, 0.25) is 0 Å². The van der Waals surface area contributed by atoms with Gasteiger partial charge in [0.2, 0.25) is 10.0 Å². The highest BCUT2D eigenvalue weighted by molar-refractivity contribution is 7.89. The van der Waals surface area contributed by atoms with Gasteiger partial charge in [-0.1, -0.05) is 0 Å². The zero-order valence-electron chi connectivity index (χ0n) is 10.6. The fraction of sp³-hybridized carbons (Fsp3) is 0.600. The van der Waals surface area contributed by atoms with E-state index in [1.807, 2.05) is 0 Å². The van der Waals surface area contributed by atoms with Crippen LogP contribution in [0.25, 0.3) is 0 Å². The van der Waals surface area contributed by atoms with Gasteiger partial charge in [-0.2, -0.15) is 0 Å². The van der Waals surface area contributed by atoms with Crippen molar-refractivity contribution in [3.63, 3.8) is 0 Å². The molecule has 0 aliphatic carbocycles. The van der Waals surface area contributed by atoms with Crippen molar-refractivity contribution in [2.45, 2.75) is 19.9 Å². The Balaban J connectivity index is 2.62. The molecule has 2 N–H and O–H groups in total. The normalized spacial score (nSPS) is 13.4. The number of carboxylic acids is 1. The van der Waals surface area contributed by atoms with Crippen molar-refractivity contribution in [2.24, 2.45) is 0 Å². The van der Waals surface area contributed by atoms with Crippen LogP contribution in [0.5, 0.6) is 0 Å². The average molecular weight is 308 g/mol. The Morgan fingerprint density at radius 2 is 2.32 bits per heavy atom. The standard InChI is InChI=1S/C10H16N2O5S2/c1-3-17-4-5-19(15,16)12-7(2)9-11-8(6-18-9)10(13)14/h6-7,12H,3-5H2,1-2H3,(H,13,14). The molecule has 0 bridgehead atoms. The lowest BCUT2D eigenvalue weighted by Gasteiger charge is -2.11. The molecule has 0 fully saturated rings. The monoisotopic (exact) mass is 308 g/mol. The lowest BCUT2D eigenvalue weighted by molar-refractivity contribution is 0.0691. The van der Waals surface area contributed by atoms with Gasteiger partial charge in [-0.25, -0.2) is 22.9 Å². The molecule has 0 spiro atoms. The van der Waals surface area contributed by atoms with Gasteiger partial charge in [0.05, 0.1) is 18.4 Å². The van der Waals surface area contributed by atoms with Gasteiger partial charge in [-0.15, -0.1) is 11.3 Å². The number of aromatic carboxylic acids is 1. The fourth-order valence-electron chi connectivity index (χ4n) is 1.28. The number of sulfonamides is 1. The molecule has 0 amide bonds. The van der Waals surface area contributed by atoms with Crippen LogP contribution >= 0.6 is 11.3 Å². The Morgan fingerprint density at radius 3 is 2.84 bits per heavy atom. The number of carboxylic acid groups (broad SMARTS) is 1. The third-order valence-electron chi connectivity index (χ3n) is 2.17. The summed E-state index contributed by atoms with van der Waals surface area (Å²) in [5.41, 5.74) is -0.0830. The van der Waals surface area contributed by atoms with Crippen LogP contribution in [-0.2, 0) is 14.8 Å². The first-order chi connectivity index (χ1) is 8.85. The van der Waals surface area contributed by atoms with Crippen LogP contribution in [-0.4, -0.2) is 43.4 Å². The molecule has 0 aliphatic heterocycles. The SMILES string of the molecule is CCOCCS(=O)(=O)NC(C)c1nc(C(=O)O)cs1. The van der Waals surface area contributed by atoms with Crippen molar-refractivity contribution >= 4 is 27.3 Å². The van der Waals surface area contributed by atoms with E-state index >= 15 is 0 Å². The maximum absolute atomic E-state index is 11.7. The summed E-state index contributed by atoms with van der Waals surface area (Å²) in [5.74, 6) is -1.27. The smallest absolute Gasteiger partial charge is 0.355 e. The van der Waals surface area contributed by atoms with E-state index < -0.39 is 22.0 Å². The van der Waals surface area contributed by atoms with Crippen LogP contribution in [0, 0.1) is 0 Å². The first-order valence-electron chi connectivity index (χ1n) is 5.62. The summed E-state index contributed by atoms with van der Waals surface area (Å²) in [6.45, 7) is 3.98. The number of aromatic nitrogens is 1. The lowest BCUT2D eigenvalue weighted by atomic mass is 10.4. The van der Waals surface area contributed by atoms with Crippen LogP contribution in [0.4, 0.5) is 0 Å². The summed E-state index contributed by atoms with van der Waals surface area (Å²) in [5, 5.41) is 10.5. The summed E-state index contributed by atoms with van der Waals surface area (Å²) >= 11 is 1.10. The molecular formula is C10H16N2O5S2. The van der Waals surface area contributed by atoms with Crippen molar-refractivity contribution < 1.29 is 23.1 Å². The molecule has 9 heteroatoms. The molecule has 7 nitrogen and oxygen atoms in total. The third-order valence-corrected chi connectivity index (χ3v) is 4.61. The zero-order valence-corrected chi connectivity index (χ0v) is 12.3. The van der Waals surface area contributed by atoms with Gasteiger partial charge in [0.25, 0.3) is 0 Å². The molecule has 1 aromatic heterocycles. The second-order valence-electron chi connectivity index (χ2n) is 3.73. The number of hydrogen-bond acceptors (Lipinski definition) is 6. The van der Waals surface area contributed by atoms with Gasteiger partial charge >= 0.3 is 5.97 Å².